The minimum Gasteiger partial charge on any atom is -0.495 e. The molecule has 0 atom stereocenters. The Kier molecular flexibility index (Phi) is 5.16. The second-order valence-electron chi connectivity index (χ2n) is 7.67. The van der Waals surface area contributed by atoms with Gasteiger partial charge in [-0.25, -0.2) is 8.42 Å². The molecule has 0 spiro atoms. The Labute approximate surface area is 185 Å². The van der Waals surface area contributed by atoms with Crippen molar-refractivity contribution in [3.63, 3.8) is 0 Å². The van der Waals surface area contributed by atoms with Crippen molar-refractivity contribution >= 4 is 49.9 Å². The molecule has 9 heteroatoms. The number of aromatic nitrogens is 2. The number of anilines is 2. The van der Waals surface area contributed by atoms with Crippen LogP contribution in [0.25, 0.3) is 17.0 Å². The number of H-pyrrole nitrogens is 1. The Balaban J connectivity index is 1.61. The third-order valence-corrected chi connectivity index (χ3v) is 8.38. The summed E-state index contributed by atoms with van der Waals surface area (Å²) in [5.41, 5.74) is 2.49. The predicted molar refractivity (Wildman–Crippen MR) is 121 cm³/mol. The van der Waals surface area contributed by atoms with E-state index in [4.69, 9.17) is 21.1 Å². The molecule has 2 aromatic carbocycles. The Morgan fingerprint density at radius 1 is 1.23 bits per heavy atom. The number of nitrogens with one attached hydrogen (secondary N) is 1. The van der Waals surface area contributed by atoms with E-state index in [1.54, 1.807) is 12.1 Å². The van der Waals surface area contributed by atoms with Gasteiger partial charge in [-0.2, -0.15) is 5.10 Å². The van der Waals surface area contributed by atoms with Gasteiger partial charge in [-0.3, -0.25) is 5.10 Å². The average molecular weight is 460 g/mol. The monoisotopic (exact) mass is 459 g/mol. The SMILES string of the molecule is COc1cc2c(cc1S(=O)(=O)C1CCOCC1)C=CCN2c1n[nH]c2cc(Cl)ccc12. The van der Waals surface area contributed by atoms with E-state index >= 15 is 0 Å². The van der Waals surface area contributed by atoms with Crippen molar-refractivity contribution in [3.8, 4) is 5.75 Å². The summed E-state index contributed by atoms with van der Waals surface area (Å²) in [4.78, 5) is 2.26. The van der Waals surface area contributed by atoms with Gasteiger partial charge in [0.2, 0.25) is 0 Å². The van der Waals surface area contributed by atoms with Crippen LogP contribution >= 0.6 is 11.6 Å². The van der Waals surface area contributed by atoms with E-state index in [0.717, 1.165) is 28.0 Å². The molecule has 0 unspecified atom stereocenters. The van der Waals surface area contributed by atoms with E-state index in [0.29, 0.717) is 43.4 Å². The molecule has 0 bridgehead atoms. The first-order valence-electron chi connectivity index (χ1n) is 10.1. The minimum absolute atomic E-state index is 0.228. The van der Waals surface area contributed by atoms with E-state index in [-0.39, 0.29) is 4.90 Å². The van der Waals surface area contributed by atoms with E-state index in [9.17, 15) is 8.42 Å². The molecule has 1 N–H and O–H groups in total. The number of hydrogen-bond acceptors (Lipinski definition) is 6. The number of methoxy groups -OCH3 is 1. The lowest BCUT2D eigenvalue weighted by molar-refractivity contribution is 0.0983. The highest BCUT2D eigenvalue weighted by atomic mass is 35.5. The number of rotatable bonds is 4. The van der Waals surface area contributed by atoms with E-state index < -0.39 is 15.1 Å². The minimum atomic E-state index is -3.54. The normalized spacial score (nSPS) is 17.2. The molecule has 1 saturated heterocycles. The third kappa shape index (κ3) is 3.48. The van der Waals surface area contributed by atoms with Crippen LogP contribution in [0.1, 0.15) is 18.4 Å². The van der Waals surface area contributed by atoms with Crippen molar-refractivity contribution in [1.29, 1.82) is 0 Å². The van der Waals surface area contributed by atoms with Crippen LogP contribution in [0, 0.1) is 0 Å². The lowest BCUT2D eigenvalue weighted by atomic mass is 10.1. The van der Waals surface area contributed by atoms with Crippen LogP contribution in [0.4, 0.5) is 11.5 Å². The lowest BCUT2D eigenvalue weighted by Gasteiger charge is -2.29. The van der Waals surface area contributed by atoms with Crippen molar-refractivity contribution < 1.29 is 17.9 Å². The van der Waals surface area contributed by atoms with Gasteiger partial charge >= 0.3 is 0 Å². The maximum atomic E-state index is 13.4. The maximum absolute atomic E-state index is 13.4. The molecule has 162 valence electrons. The summed E-state index contributed by atoms with van der Waals surface area (Å²) < 4.78 is 37.6. The number of ether oxygens (including phenoxy) is 2. The molecule has 3 aromatic rings. The molecular weight excluding hydrogens is 438 g/mol. The quantitative estimate of drug-likeness (QED) is 0.624. The van der Waals surface area contributed by atoms with Gasteiger partial charge in [-0.15, -0.1) is 0 Å². The molecule has 2 aliphatic heterocycles. The highest BCUT2D eigenvalue weighted by Crippen LogP contribution is 2.41. The van der Waals surface area contributed by atoms with Crippen LogP contribution in [-0.2, 0) is 14.6 Å². The zero-order valence-corrected chi connectivity index (χ0v) is 18.5. The molecule has 1 fully saturated rings. The molecule has 1 aromatic heterocycles. The van der Waals surface area contributed by atoms with E-state index in [2.05, 4.69) is 10.2 Å². The van der Waals surface area contributed by atoms with Crippen LogP contribution < -0.4 is 9.64 Å². The maximum Gasteiger partial charge on any atom is 0.185 e. The standard InChI is InChI=1S/C22H22ClN3O4S/c1-29-20-13-19-14(11-21(20)31(27,28)16-6-9-30-10-7-16)3-2-8-26(19)22-17-5-4-15(23)12-18(17)24-25-22/h2-5,11-13,16H,6-10H2,1H3,(H,24,25). The first kappa shape index (κ1) is 20.4. The van der Waals surface area contributed by atoms with Crippen molar-refractivity contribution in [2.45, 2.75) is 23.0 Å². The molecule has 0 amide bonds. The van der Waals surface area contributed by atoms with Crippen molar-refractivity contribution in [2.75, 3.05) is 31.8 Å². The number of benzene rings is 2. The van der Waals surface area contributed by atoms with Crippen molar-refractivity contribution in [3.05, 3.63) is 47.0 Å². The van der Waals surface area contributed by atoms with Gasteiger partial charge in [0.1, 0.15) is 10.6 Å². The fraction of sp³-hybridized carbons (Fsp3) is 0.318. The number of hydrogen-bond donors (Lipinski definition) is 1. The van der Waals surface area contributed by atoms with Crippen LogP contribution in [0.2, 0.25) is 5.02 Å². The molecule has 0 aliphatic carbocycles. The van der Waals surface area contributed by atoms with Gasteiger partial charge in [0.05, 0.1) is 23.6 Å². The second kappa shape index (κ2) is 7.85. The highest BCUT2D eigenvalue weighted by molar-refractivity contribution is 7.92. The zero-order valence-electron chi connectivity index (χ0n) is 17.0. The largest absolute Gasteiger partial charge is 0.495 e. The first-order valence-corrected chi connectivity index (χ1v) is 12.0. The topological polar surface area (TPSA) is 84.5 Å². The fourth-order valence-electron chi connectivity index (χ4n) is 4.25. The van der Waals surface area contributed by atoms with Gasteiger partial charge in [-0.1, -0.05) is 23.8 Å². The Morgan fingerprint density at radius 3 is 2.81 bits per heavy atom. The molecule has 7 nitrogen and oxygen atoms in total. The van der Waals surface area contributed by atoms with Crippen LogP contribution in [0.5, 0.6) is 5.75 Å². The van der Waals surface area contributed by atoms with Gasteiger partial charge < -0.3 is 14.4 Å². The summed E-state index contributed by atoms with van der Waals surface area (Å²) in [5, 5.41) is 8.62. The Bertz CT molecular complexity index is 1280. The van der Waals surface area contributed by atoms with Gasteiger partial charge in [0.25, 0.3) is 0 Å². The second-order valence-corrected chi connectivity index (χ2v) is 10.3. The molecule has 0 saturated carbocycles. The summed E-state index contributed by atoms with van der Waals surface area (Å²) in [7, 11) is -2.04. The number of sulfone groups is 1. The summed E-state index contributed by atoms with van der Waals surface area (Å²) >= 11 is 6.10. The Morgan fingerprint density at radius 2 is 2.03 bits per heavy atom. The average Bonchev–Trinajstić information content (AvgIpc) is 3.21. The molecule has 5 rings (SSSR count). The molecule has 31 heavy (non-hydrogen) atoms. The van der Waals surface area contributed by atoms with Crippen molar-refractivity contribution in [2.24, 2.45) is 0 Å². The smallest absolute Gasteiger partial charge is 0.185 e. The number of nitrogens with zero attached hydrogens (tertiary/aromatic N) is 2. The van der Waals surface area contributed by atoms with Crippen LogP contribution in [0.3, 0.4) is 0 Å². The number of aromatic amines is 1. The summed E-state index contributed by atoms with van der Waals surface area (Å²) in [5.74, 6) is 1.09. The van der Waals surface area contributed by atoms with Crippen LogP contribution in [0.15, 0.2) is 41.3 Å². The van der Waals surface area contributed by atoms with E-state index in [1.165, 1.54) is 7.11 Å². The summed E-state index contributed by atoms with van der Waals surface area (Å²) in [6.07, 6.45) is 4.93. The lowest BCUT2D eigenvalue weighted by Crippen LogP contribution is -2.29. The Hall–Kier alpha value is -2.55. The summed E-state index contributed by atoms with van der Waals surface area (Å²) in [6, 6.07) is 9.09. The van der Waals surface area contributed by atoms with Gasteiger partial charge in [0, 0.05) is 36.2 Å². The van der Waals surface area contributed by atoms with Gasteiger partial charge in [0.15, 0.2) is 15.7 Å². The number of halogens is 1. The zero-order chi connectivity index (χ0) is 21.6. The van der Waals surface area contributed by atoms with E-state index in [1.807, 2.05) is 35.3 Å². The summed E-state index contributed by atoms with van der Waals surface area (Å²) in [6.45, 7) is 1.52. The first-order chi connectivity index (χ1) is 15.0. The molecule has 2 aliphatic rings. The highest BCUT2D eigenvalue weighted by Gasteiger charge is 2.33. The fourth-order valence-corrected chi connectivity index (χ4v) is 6.31. The van der Waals surface area contributed by atoms with Gasteiger partial charge in [-0.05, 0) is 42.7 Å². The molecule has 3 heterocycles. The molecular formula is C22H22ClN3O4S. The van der Waals surface area contributed by atoms with Crippen LogP contribution in [-0.4, -0.2) is 50.7 Å². The molecule has 0 radical (unpaired) electrons. The predicted octanol–water partition coefficient (Wildman–Crippen LogP) is 4.34. The van der Waals surface area contributed by atoms with Crippen molar-refractivity contribution in [1.82, 2.24) is 10.2 Å². The third-order valence-electron chi connectivity index (χ3n) is 5.86. The number of fused-ring (bicyclic) bond motifs is 2.